The topological polar surface area (TPSA) is 68.5 Å². The van der Waals surface area contributed by atoms with Crippen LogP contribution < -0.4 is 10.3 Å². The van der Waals surface area contributed by atoms with E-state index >= 15 is 0 Å². The number of rotatable bonds is 6. The average molecular weight is 450 g/mol. The Morgan fingerprint density at radius 3 is 2.46 bits per heavy atom. The summed E-state index contributed by atoms with van der Waals surface area (Å²) in [5.74, 6) is -2.20. The van der Waals surface area contributed by atoms with Gasteiger partial charge in [0.25, 0.3) is 5.56 Å². The summed E-state index contributed by atoms with van der Waals surface area (Å²) in [5.41, 5.74) is 0.713. The van der Waals surface area contributed by atoms with E-state index in [0.717, 1.165) is 17.7 Å². The highest BCUT2D eigenvalue weighted by atomic mass is 79.9. The van der Waals surface area contributed by atoms with Gasteiger partial charge >= 0.3 is 5.97 Å². The van der Waals surface area contributed by atoms with Crippen LogP contribution in [0, 0.1) is 11.6 Å². The van der Waals surface area contributed by atoms with Gasteiger partial charge in [-0.05, 0) is 51.8 Å². The van der Waals surface area contributed by atoms with Crippen molar-refractivity contribution >= 4 is 21.9 Å². The lowest BCUT2D eigenvalue weighted by molar-refractivity contribution is 0.0697. The molecule has 0 unspecified atom stereocenters. The molecular formula is C20H14BrF2NO4. The summed E-state index contributed by atoms with van der Waals surface area (Å²) in [7, 11) is 0. The number of carboxylic acids is 1. The lowest BCUT2D eigenvalue weighted by Crippen LogP contribution is -2.21. The molecule has 0 aliphatic carbocycles. The highest BCUT2D eigenvalue weighted by Gasteiger charge is 2.11. The van der Waals surface area contributed by atoms with Crippen molar-refractivity contribution in [2.45, 2.75) is 13.2 Å². The molecule has 0 amide bonds. The first-order chi connectivity index (χ1) is 13.3. The fraction of sp³-hybridized carbons (Fsp3) is 0.100. The molecule has 0 aliphatic rings. The molecule has 0 radical (unpaired) electrons. The Hall–Kier alpha value is -3.00. The molecule has 28 heavy (non-hydrogen) atoms. The molecule has 0 bridgehead atoms. The molecule has 3 rings (SSSR count). The maximum atomic E-state index is 13.7. The molecule has 5 nitrogen and oxygen atoms in total. The van der Waals surface area contributed by atoms with Gasteiger partial charge in [-0.1, -0.05) is 12.1 Å². The number of benzene rings is 2. The number of pyridine rings is 1. The van der Waals surface area contributed by atoms with Gasteiger partial charge in [-0.15, -0.1) is 0 Å². The third-order valence-corrected chi connectivity index (χ3v) is 4.75. The summed E-state index contributed by atoms with van der Waals surface area (Å²) in [4.78, 5) is 23.4. The monoisotopic (exact) mass is 449 g/mol. The second-order valence-electron chi connectivity index (χ2n) is 5.95. The van der Waals surface area contributed by atoms with E-state index in [4.69, 9.17) is 9.84 Å². The summed E-state index contributed by atoms with van der Waals surface area (Å²) >= 11 is 3.19. The number of aromatic carboxylic acids is 1. The summed E-state index contributed by atoms with van der Waals surface area (Å²) in [5, 5.41) is 8.92. The smallest absolute Gasteiger partial charge is 0.335 e. The van der Waals surface area contributed by atoms with Crippen molar-refractivity contribution in [2.24, 2.45) is 0 Å². The maximum absolute atomic E-state index is 13.7. The van der Waals surface area contributed by atoms with Gasteiger partial charge in [-0.2, -0.15) is 0 Å². The minimum absolute atomic E-state index is 0.161. The molecule has 2 aromatic carbocycles. The number of carbonyl (C=O) groups is 1. The molecule has 0 saturated heterocycles. The van der Waals surface area contributed by atoms with E-state index in [1.165, 1.54) is 29.0 Å². The quantitative estimate of drug-likeness (QED) is 0.611. The van der Waals surface area contributed by atoms with Gasteiger partial charge < -0.3 is 14.4 Å². The van der Waals surface area contributed by atoms with Gasteiger partial charge in [-0.25, -0.2) is 13.6 Å². The zero-order valence-corrected chi connectivity index (χ0v) is 15.9. The van der Waals surface area contributed by atoms with Crippen molar-refractivity contribution in [3.05, 3.63) is 97.9 Å². The van der Waals surface area contributed by atoms with Crippen molar-refractivity contribution < 1.29 is 23.4 Å². The Bertz CT molecular complexity index is 1080. The van der Waals surface area contributed by atoms with Crippen LogP contribution in [-0.4, -0.2) is 15.6 Å². The van der Waals surface area contributed by atoms with Gasteiger partial charge in [0.1, 0.15) is 28.5 Å². The summed E-state index contributed by atoms with van der Waals surface area (Å²) in [6.45, 7) is 0.0784. The number of ether oxygens (including phenoxy) is 1. The van der Waals surface area contributed by atoms with Crippen LogP contribution in [0.15, 0.2) is 64.0 Å². The van der Waals surface area contributed by atoms with E-state index in [-0.39, 0.29) is 40.1 Å². The summed E-state index contributed by atoms with van der Waals surface area (Å²) < 4.78 is 33.7. The molecule has 0 saturated carbocycles. The van der Waals surface area contributed by atoms with Gasteiger partial charge in [0.15, 0.2) is 0 Å². The molecular weight excluding hydrogens is 436 g/mol. The van der Waals surface area contributed by atoms with E-state index in [1.54, 1.807) is 18.2 Å². The van der Waals surface area contributed by atoms with Crippen LogP contribution in [0.2, 0.25) is 0 Å². The van der Waals surface area contributed by atoms with Crippen LogP contribution >= 0.6 is 15.9 Å². The molecule has 1 heterocycles. The highest BCUT2D eigenvalue weighted by molar-refractivity contribution is 9.10. The predicted molar refractivity (Wildman–Crippen MR) is 102 cm³/mol. The second-order valence-corrected chi connectivity index (χ2v) is 6.75. The van der Waals surface area contributed by atoms with Crippen LogP contribution in [0.3, 0.4) is 0 Å². The molecule has 0 aliphatic heterocycles. The Morgan fingerprint density at radius 2 is 1.82 bits per heavy atom. The average Bonchev–Trinajstić information content (AvgIpc) is 2.66. The Labute approximate surface area is 166 Å². The summed E-state index contributed by atoms with van der Waals surface area (Å²) in [6.07, 6.45) is 1.52. The van der Waals surface area contributed by atoms with Gasteiger partial charge in [0.2, 0.25) is 0 Å². The Balaban J connectivity index is 1.75. The highest BCUT2D eigenvalue weighted by Crippen LogP contribution is 2.22. The molecule has 0 atom stereocenters. The fourth-order valence-electron chi connectivity index (χ4n) is 2.51. The second kappa shape index (κ2) is 8.35. The van der Waals surface area contributed by atoms with Crippen molar-refractivity contribution in [3.8, 4) is 5.75 Å². The number of nitrogens with zero attached hydrogens (tertiary/aromatic N) is 1. The first-order valence-corrected chi connectivity index (χ1v) is 8.92. The number of carboxylic acid groups (broad SMARTS) is 1. The molecule has 1 aromatic heterocycles. The van der Waals surface area contributed by atoms with E-state index < -0.39 is 17.6 Å². The van der Waals surface area contributed by atoms with Gasteiger partial charge in [0, 0.05) is 17.8 Å². The van der Waals surface area contributed by atoms with Crippen LogP contribution in [-0.2, 0) is 13.2 Å². The largest absolute Gasteiger partial charge is 0.487 e. The number of hydrogen-bond acceptors (Lipinski definition) is 3. The van der Waals surface area contributed by atoms with E-state index in [0.29, 0.717) is 0 Å². The van der Waals surface area contributed by atoms with E-state index in [2.05, 4.69) is 15.9 Å². The lowest BCUT2D eigenvalue weighted by atomic mass is 10.1. The predicted octanol–water partition coefficient (Wildman–Crippen LogP) is 4.21. The van der Waals surface area contributed by atoms with Crippen LogP contribution in [0.25, 0.3) is 0 Å². The van der Waals surface area contributed by atoms with Crippen LogP contribution in [0.5, 0.6) is 5.75 Å². The molecule has 8 heteroatoms. The molecule has 0 fully saturated rings. The van der Waals surface area contributed by atoms with E-state index in [9.17, 15) is 18.4 Å². The zero-order valence-electron chi connectivity index (χ0n) is 14.4. The van der Waals surface area contributed by atoms with Crippen LogP contribution in [0.1, 0.15) is 21.5 Å². The molecule has 3 aromatic rings. The third kappa shape index (κ3) is 4.45. The molecule has 144 valence electrons. The number of halogens is 3. The van der Waals surface area contributed by atoms with Crippen LogP contribution in [0.4, 0.5) is 8.78 Å². The fourth-order valence-corrected chi connectivity index (χ4v) is 2.98. The Kier molecular flexibility index (Phi) is 5.89. The van der Waals surface area contributed by atoms with E-state index in [1.807, 2.05) is 0 Å². The van der Waals surface area contributed by atoms with Gasteiger partial charge in [-0.3, -0.25) is 4.79 Å². The normalized spacial score (nSPS) is 10.7. The maximum Gasteiger partial charge on any atom is 0.335 e. The molecule has 1 N–H and O–H groups in total. The minimum Gasteiger partial charge on any atom is -0.487 e. The van der Waals surface area contributed by atoms with Gasteiger partial charge in [0.05, 0.1) is 12.1 Å². The molecule has 0 spiro atoms. The minimum atomic E-state index is -1.02. The number of aromatic nitrogens is 1. The third-order valence-electron chi connectivity index (χ3n) is 4.02. The number of hydrogen-bond donors (Lipinski definition) is 1. The van der Waals surface area contributed by atoms with Crippen molar-refractivity contribution in [1.29, 1.82) is 0 Å². The van der Waals surface area contributed by atoms with Crippen molar-refractivity contribution in [3.63, 3.8) is 0 Å². The summed E-state index contributed by atoms with van der Waals surface area (Å²) in [6, 6.07) is 10.9. The SMILES string of the molecule is O=C(O)c1ccc(Cn2ccc(OCc3ccc(F)cc3F)c(Br)c2=O)cc1. The zero-order chi connectivity index (χ0) is 20.3. The van der Waals surface area contributed by atoms with Crippen molar-refractivity contribution in [1.82, 2.24) is 4.57 Å². The first-order valence-electron chi connectivity index (χ1n) is 8.13. The van der Waals surface area contributed by atoms with Crippen molar-refractivity contribution in [2.75, 3.05) is 0 Å². The Morgan fingerprint density at radius 1 is 1.11 bits per heavy atom. The first kappa shape index (κ1) is 19.8. The lowest BCUT2D eigenvalue weighted by Gasteiger charge is -2.12. The standard InChI is InChI=1S/C20H14BrF2NO4/c21-18-17(28-11-14-5-6-15(22)9-16(14)23)7-8-24(19(18)25)10-12-1-3-13(4-2-12)20(26)27/h1-9H,10-11H2,(H,26,27).